The smallest absolute Gasteiger partial charge is 0.410 e. The number of amides is 2. The number of aliphatic imine (C=N–C) groups is 1. The van der Waals surface area contributed by atoms with Gasteiger partial charge in [-0.05, 0) is 41.5 Å². The van der Waals surface area contributed by atoms with Gasteiger partial charge in [0.25, 0.3) is 0 Å². The lowest BCUT2D eigenvalue weighted by atomic mass is 9.92. The number of fused-ring (bicyclic) bond motifs is 1. The maximum absolute atomic E-state index is 12.3. The van der Waals surface area contributed by atoms with Crippen molar-refractivity contribution in [2.45, 2.75) is 53.2 Å². The zero-order valence-corrected chi connectivity index (χ0v) is 19.6. The highest BCUT2D eigenvalue weighted by Crippen LogP contribution is 2.20. The van der Waals surface area contributed by atoms with E-state index in [1.54, 1.807) is 4.90 Å². The zero-order valence-electron chi connectivity index (χ0n) is 17.3. The van der Waals surface area contributed by atoms with Crippen LogP contribution in [-0.2, 0) is 9.53 Å². The Labute approximate surface area is 179 Å². The molecule has 8 nitrogen and oxygen atoms in total. The van der Waals surface area contributed by atoms with Gasteiger partial charge in [-0.3, -0.25) is 9.79 Å². The van der Waals surface area contributed by atoms with E-state index in [9.17, 15) is 9.59 Å². The lowest BCUT2D eigenvalue weighted by Crippen LogP contribution is -2.58. The second kappa shape index (κ2) is 9.29. The number of carbonyl (C=O) groups excluding carboxylic acids is 2. The molecule has 2 amide bonds. The molecular weight excluding hydrogens is 461 g/mol. The fourth-order valence-corrected chi connectivity index (χ4v) is 3.00. The molecule has 0 aromatic carbocycles. The predicted octanol–water partition coefficient (Wildman–Crippen LogP) is 1.65. The lowest BCUT2D eigenvalue weighted by Gasteiger charge is -2.39. The van der Waals surface area contributed by atoms with E-state index in [1.807, 2.05) is 41.5 Å². The van der Waals surface area contributed by atoms with Crippen molar-refractivity contribution < 1.29 is 14.3 Å². The van der Waals surface area contributed by atoms with Crippen molar-refractivity contribution in [2.24, 2.45) is 10.4 Å². The molecule has 1 unspecified atom stereocenters. The molecule has 0 bridgehead atoms. The number of nitrogens with one attached hydrogen (secondary N) is 2. The summed E-state index contributed by atoms with van der Waals surface area (Å²) in [6.45, 7) is 15.0. The third kappa shape index (κ3) is 6.39. The number of hydrogen-bond acceptors (Lipinski definition) is 6. The van der Waals surface area contributed by atoms with Crippen LogP contribution in [0.3, 0.4) is 0 Å². The van der Waals surface area contributed by atoms with Crippen LogP contribution < -0.4 is 10.6 Å². The number of guanidine groups is 1. The molecule has 2 N–H and O–H groups in total. The summed E-state index contributed by atoms with van der Waals surface area (Å²) in [7, 11) is 0. The minimum absolute atomic E-state index is 0. The van der Waals surface area contributed by atoms with Crippen LogP contribution in [0.25, 0.3) is 0 Å². The monoisotopic (exact) mass is 495 g/mol. The summed E-state index contributed by atoms with van der Waals surface area (Å²) >= 11 is 0. The lowest BCUT2D eigenvalue weighted by molar-refractivity contribution is -0.128. The average Bonchev–Trinajstić information content (AvgIpc) is 2.94. The van der Waals surface area contributed by atoms with Crippen LogP contribution >= 0.6 is 24.0 Å². The summed E-state index contributed by atoms with van der Waals surface area (Å²) in [5.41, 5.74) is -1.01. The van der Waals surface area contributed by atoms with E-state index in [0.717, 1.165) is 5.96 Å². The summed E-state index contributed by atoms with van der Waals surface area (Å²) in [4.78, 5) is 32.9. The predicted molar refractivity (Wildman–Crippen MR) is 116 cm³/mol. The van der Waals surface area contributed by atoms with Gasteiger partial charge in [0.1, 0.15) is 5.60 Å². The molecule has 1 atom stereocenters. The molecule has 0 aromatic rings. The SMILES string of the molecule is CCNC(=O)C(C)(C)CNC1=NCC2CN(C(=O)OC(C)(C)C)CCN12.I. The zero-order chi connectivity index (χ0) is 19.5. The highest BCUT2D eigenvalue weighted by Gasteiger charge is 2.37. The molecule has 2 rings (SSSR count). The summed E-state index contributed by atoms with van der Waals surface area (Å²) in [6, 6.07) is 0.159. The molecule has 2 aliphatic heterocycles. The van der Waals surface area contributed by atoms with E-state index in [2.05, 4.69) is 20.5 Å². The van der Waals surface area contributed by atoms with Crippen LogP contribution in [-0.4, -0.2) is 78.7 Å². The van der Waals surface area contributed by atoms with Crippen LogP contribution in [0.1, 0.15) is 41.5 Å². The molecule has 0 aliphatic carbocycles. The molecule has 1 saturated heterocycles. The molecular formula is C18H34IN5O3. The van der Waals surface area contributed by atoms with Crippen molar-refractivity contribution in [3.8, 4) is 0 Å². The molecule has 0 aromatic heterocycles. The van der Waals surface area contributed by atoms with Gasteiger partial charge in [-0.15, -0.1) is 24.0 Å². The van der Waals surface area contributed by atoms with Gasteiger partial charge in [-0.25, -0.2) is 4.79 Å². The molecule has 0 spiro atoms. The van der Waals surface area contributed by atoms with Gasteiger partial charge in [0.2, 0.25) is 5.91 Å². The van der Waals surface area contributed by atoms with E-state index in [-0.39, 0.29) is 42.0 Å². The highest BCUT2D eigenvalue weighted by atomic mass is 127. The molecule has 1 fully saturated rings. The molecule has 2 heterocycles. The van der Waals surface area contributed by atoms with Crippen LogP contribution in [0.2, 0.25) is 0 Å². The minimum Gasteiger partial charge on any atom is -0.444 e. The minimum atomic E-state index is -0.519. The van der Waals surface area contributed by atoms with Crippen LogP contribution in [0.15, 0.2) is 4.99 Å². The second-order valence-corrected chi connectivity index (χ2v) is 8.53. The Morgan fingerprint density at radius 2 is 1.89 bits per heavy atom. The molecule has 156 valence electrons. The van der Waals surface area contributed by atoms with Gasteiger partial charge in [0.05, 0.1) is 18.0 Å². The quantitative estimate of drug-likeness (QED) is 0.580. The fourth-order valence-electron chi connectivity index (χ4n) is 3.00. The first-order valence-corrected chi connectivity index (χ1v) is 9.34. The van der Waals surface area contributed by atoms with Gasteiger partial charge in [-0.1, -0.05) is 0 Å². The Morgan fingerprint density at radius 1 is 1.22 bits per heavy atom. The second-order valence-electron chi connectivity index (χ2n) is 8.53. The average molecular weight is 495 g/mol. The number of nitrogens with zero attached hydrogens (tertiary/aromatic N) is 3. The standard InChI is InChI=1S/C18H33N5O3.HI/c1-7-19-14(24)18(5,6)12-21-15-20-10-13-11-22(8-9-23(13)15)16(25)26-17(2,3)4;/h13H,7-12H2,1-6H3,(H,19,24)(H,20,21);1H. The van der Waals surface area contributed by atoms with Crippen molar-refractivity contribution in [3.05, 3.63) is 0 Å². The fraction of sp³-hybridized carbons (Fsp3) is 0.833. The number of ether oxygens (including phenoxy) is 1. The van der Waals surface area contributed by atoms with Crippen molar-refractivity contribution in [1.82, 2.24) is 20.4 Å². The normalized spacial score (nSPS) is 19.6. The van der Waals surface area contributed by atoms with Crippen molar-refractivity contribution in [1.29, 1.82) is 0 Å². The Kier molecular flexibility index (Phi) is 8.18. The van der Waals surface area contributed by atoms with E-state index >= 15 is 0 Å². The summed E-state index contributed by atoms with van der Waals surface area (Å²) in [5.74, 6) is 0.841. The number of carbonyl (C=O) groups is 2. The number of rotatable bonds is 4. The Morgan fingerprint density at radius 3 is 2.48 bits per heavy atom. The van der Waals surface area contributed by atoms with E-state index in [0.29, 0.717) is 39.3 Å². The highest BCUT2D eigenvalue weighted by molar-refractivity contribution is 14.0. The summed E-state index contributed by atoms with van der Waals surface area (Å²) < 4.78 is 5.47. The molecule has 0 radical (unpaired) electrons. The first-order chi connectivity index (χ1) is 12.0. The van der Waals surface area contributed by atoms with E-state index in [1.165, 1.54) is 0 Å². The molecule has 2 aliphatic rings. The van der Waals surface area contributed by atoms with Crippen molar-refractivity contribution in [2.75, 3.05) is 39.3 Å². The first kappa shape index (κ1) is 23.8. The van der Waals surface area contributed by atoms with Gasteiger partial charge in [0, 0.05) is 32.7 Å². The Bertz CT molecular complexity index is 574. The van der Waals surface area contributed by atoms with Gasteiger partial charge >= 0.3 is 6.09 Å². The van der Waals surface area contributed by atoms with Crippen LogP contribution in [0, 0.1) is 5.41 Å². The van der Waals surface area contributed by atoms with E-state index in [4.69, 9.17) is 4.74 Å². The maximum atomic E-state index is 12.3. The summed E-state index contributed by atoms with van der Waals surface area (Å²) in [6.07, 6.45) is -0.268. The number of hydrogen-bond donors (Lipinski definition) is 2. The van der Waals surface area contributed by atoms with E-state index < -0.39 is 11.0 Å². The largest absolute Gasteiger partial charge is 0.444 e. The van der Waals surface area contributed by atoms with Crippen LogP contribution in [0.4, 0.5) is 4.79 Å². The molecule has 0 saturated carbocycles. The van der Waals surface area contributed by atoms with Gasteiger partial charge in [-0.2, -0.15) is 0 Å². The topological polar surface area (TPSA) is 86.3 Å². The summed E-state index contributed by atoms with van der Waals surface area (Å²) in [5, 5.41) is 6.19. The third-order valence-corrected chi connectivity index (χ3v) is 4.50. The Hall–Kier alpha value is -1.26. The number of halogens is 1. The van der Waals surface area contributed by atoms with Crippen LogP contribution in [0.5, 0.6) is 0 Å². The first-order valence-electron chi connectivity index (χ1n) is 9.34. The molecule has 27 heavy (non-hydrogen) atoms. The maximum Gasteiger partial charge on any atom is 0.410 e. The third-order valence-electron chi connectivity index (χ3n) is 4.50. The van der Waals surface area contributed by atoms with Crippen molar-refractivity contribution in [3.63, 3.8) is 0 Å². The van der Waals surface area contributed by atoms with Gasteiger partial charge < -0.3 is 25.2 Å². The van der Waals surface area contributed by atoms with Crippen molar-refractivity contribution >= 4 is 41.9 Å². The number of piperazine rings is 1. The van der Waals surface area contributed by atoms with Gasteiger partial charge in [0.15, 0.2) is 5.96 Å². The molecule has 9 heteroatoms. The Balaban J connectivity index is 0.00000364.